The third-order valence-electron chi connectivity index (χ3n) is 2.97. The quantitative estimate of drug-likeness (QED) is 0.849. The van der Waals surface area contributed by atoms with Crippen LogP contribution in [0.25, 0.3) is 0 Å². The van der Waals surface area contributed by atoms with Crippen LogP contribution in [0.3, 0.4) is 0 Å². The molecule has 1 aliphatic rings. The molecule has 2 amide bonds. The predicted octanol–water partition coefficient (Wildman–Crippen LogP) is 2.75. The molecule has 1 fully saturated rings. The highest BCUT2D eigenvalue weighted by Gasteiger charge is 2.29. The molecule has 0 unspecified atom stereocenters. The lowest BCUT2D eigenvalue weighted by molar-refractivity contribution is 0.208. The first-order valence-electron chi connectivity index (χ1n) is 6.08. The summed E-state index contributed by atoms with van der Waals surface area (Å²) in [7, 11) is 0. The molecule has 98 valence electrons. The van der Waals surface area contributed by atoms with Crippen LogP contribution in [-0.2, 0) is 0 Å². The minimum atomic E-state index is -0.0160. The number of thioether (sulfide) groups is 1. The fraction of sp³-hybridized carbons (Fsp3) is 0.538. The topological polar surface area (TPSA) is 45.2 Å². The number of aromatic nitrogens is 1. The highest BCUT2D eigenvalue weighted by atomic mass is 32.2. The molecule has 0 aromatic carbocycles. The normalized spacial score (nSPS) is 18.5. The lowest BCUT2D eigenvalue weighted by Gasteiger charge is -2.37. The van der Waals surface area contributed by atoms with Gasteiger partial charge in [-0.1, -0.05) is 0 Å². The van der Waals surface area contributed by atoms with E-state index in [9.17, 15) is 4.79 Å². The molecule has 1 aromatic heterocycles. The second-order valence-corrected chi connectivity index (χ2v) is 6.95. The maximum Gasteiger partial charge on any atom is 0.321 e. The number of urea groups is 1. The Labute approximate surface area is 112 Å². The van der Waals surface area contributed by atoms with Crippen molar-refractivity contribution in [3.63, 3.8) is 0 Å². The summed E-state index contributed by atoms with van der Waals surface area (Å²) in [4.78, 5) is 18.1. The molecule has 5 heteroatoms. The lowest BCUT2D eigenvalue weighted by Crippen LogP contribution is -2.47. The molecule has 1 saturated heterocycles. The summed E-state index contributed by atoms with van der Waals surface area (Å²) in [6.45, 7) is 7.89. The maximum atomic E-state index is 12.2. The van der Waals surface area contributed by atoms with E-state index in [1.165, 1.54) is 0 Å². The van der Waals surface area contributed by atoms with Crippen molar-refractivity contribution in [1.29, 1.82) is 0 Å². The van der Waals surface area contributed by atoms with Crippen molar-refractivity contribution < 1.29 is 4.79 Å². The summed E-state index contributed by atoms with van der Waals surface area (Å²) in [6.07, 6.45) is 3.45. The Morgan fingerprint density at radius 3 is 3.00 bits per heavy atom. The number of hydrogen-bond acceptors (Lipinski definition) is 3. The predicted molar refractivity (Wildman–Crippen MR) is 76.1 cm³/mol. The number of anilines is 1. The summed E-state index contributed by atoms with van der Waals surface area (Å²) in [5.41, 5.74) is 1.82. The molecule has 1 N–H and O–H groups in total. The number of carbonyl (C=O) groups is 1. The van der Waals surface area contributed by atoms with Gasteiger partial charge in [-0.15, -0.1) is 0 Å². The fourth-order valence-electron chi connectivity index (χ4n) is 2.00. The lowest BCUT2D eigenvalue weighted by atomic mass is 10.2. The van der Waals surface area contributed by atoms with Crippen LogP contribution in [0.2, 0.25) is 0 Å². The van der Waals surface area contributed by atoms with Crippen molar-refractivity contribution in [3.05, 3.63) is 24.0 Å². The van der Waals surface area contributed by atoms with Crippen LogP contribution < -0.4 is 5.32 Å². The van der Waals surface area contributed by atoms with Gasteiger partial charge < -0.3 is 10.2 Å². The first-order valence-corrected chi connectivity index (χ1v) is 7.07. The van der Waals surface area contributed by atoms with Gasteiger partial charge in [-0.25, -0.2) is 4.79 Å². The Balaban J connectivity index is 2.02. The molecule has 0 radical (unpaired) electrons. The van der Waals surface area contributed by atoms with Crippen LogP contribution in [0.1, 0.15) is 19.4 Å². The highest BCUT2D eigenvalue weighted by molar-refractivity contribution is 8.00. The summed E-state index contributed by atoms with van der Waals surface area (Å²) in [5, 5.41) is 2.96. The maximum absolute atomic E-state index is 12.2. The molecule has 2 heterocycles. The molecule has 0 spiro atoms. The molecule has 1 aliphatic heterocycles. The Hall–Kier alpha value is -1.23. The monoisotopic (exact) mass is 265 g/mol. The molecule has 0 aliphatic carbocycles. The highest BCUT2D eigenvalue weighted by Crippen LogP contribution is 2.29. The molecule has 2 rings (SSSR count). The molecule has 0 saturated carbocycles. The van der Waals surface area contributed by atoms with Gasteiger partial charge >= 0.3 is 6.03 Å². The van der Waals surface area contributed by atoms with Gasteiger partial charge in [0.05, 0.1) is 0 Å². The van der Waals surface area contributed by atoms with Gasteiger partial charge in [0.25, 0.3) is 0 Å². The molecular formula is C13H19N3OS. The van der Waals surface area contributed by atoms with Crippen LogP contribution in [-0.4, -0.2) is 39.5 Å². The van der Waals surface area contributed by atoms with Crippen LogP contribution in [0.4, 0.5) is 10.5 Å². The Kier molecular flexibility index (Phi) is 3.80. The number of pyridine rings is 1. The number of hydrogen-bond donors (Lipinski definition) is 1. The number of nitrogens with one attached hydrogen (secondary N) is 1. The van der Waals surface area contributed by atoms with Crippen LogP contribution >= 0.6 is 11.8 Å². The summed E-state index contributed by atoms with van der Waals surface area (Å²) < 4.78 is 0.142. The number of aryl methyl sites for hydroxylation is 1. The average molecular weight is 265 g/mol. The number of amides is 2. The second kappa shape index (κ2) is 5.18. The standard InChI is InChI=1S/C13H19N3OS/c1-10-8-14-5-4-11(10)15-12(17)16-6-7-18-13(2,3)9-16/h4-5,8H,6-7,9H2,1-3H3,(H,14,15,17). The van der Waals surface area contributed by atoms with E-state index in [2.05, 4.69) is 24.1 Å². The first kappa shape index (κ1) is 13.2. The van der Waals surface area contributed by atoms with Gasteiger partial charge in [-0.2, -0.15) is 11.8 Å². The van der Waals surface area contributed by atoms with E-state index < -0.39 is 0 Å². The molecule has 4 nitrogen and oxygen atoms in total. The van der Waals surface area contributed by atoms with Gasteiger partial charge in [0.15, 0.2) is 0 Å². The van der Waals surface area contributed by atoms with Crippen molar-refractivity contribution >= 4 is 23.5 Å². The third kappa shape index (κ3) is 3.16. The zero-order valence-corrected chi connectivity index (χ0v) is 11.9. The van der Waals surface area contributed by atoms with Gasteiger partial charge in [0.1, 0.15) is 0 Å². The van der Waals surface area contributed by atoms with Gasteiger partial charge in [0, 0.05) is 41.7 Å². The van der Waals surface area contributed by atoms with Crippen molar-refractivity contribution in [2.75, 3.05) is 24.2 Å². The van der Waals surface area contributed by atoms with Crippen LogP contribution in [0.15, 0.2) is 18.5 Å². The fourth-order valence-corrected chi connectivity index (χ4v) is 3.11. The zero-order valence-electron chi connectivity index (χ0n) is 11.1. The Morgan fingerprint density at radius 1 is 1.56 bits per heavy atom. The van der Waals surface area contributed by atoms with E-state index in [-0.39, 0.29) is 10.8 Å². The number of nitrogens with zero attached hydrogens (tertiary/aromatic N) is 2. The minimum Gasteiger partial charge on any atom is -0.322 e. The van der Waals surface area contributed by atoms with E-state index in [1.54, 1.807) is 12.4 Å². The van der Waals surface area contributed by atoms with Gasteiger partial charge in [-0.05, 0) is 32.4 Å². The van der Waals surface area contributed by atoms with E-state index >= 15 is 0 Å². The molecule has 18 heavy (non-hydrogen) atoms. The average Bonchev–Trinajstić information content (AvgIpc) is 2.31. The Morgan fingerprint density at radius 2 is 2.33 bits per heavy atom. The number of rotatable bonds is 1. The summed E-state index contributed by atoms with van der Waals surface area (Å²) >= 11 is 1.92. The molecule has 1 aromatic rings. The Bertz CT molecular complexity index is 448. The van der Waals surface area contributed by atoms with Crippen molar-refractivity contribution in [2.24, 2.45) is 0 Å². The van der Waals surface area contributed by atoms with Crippen molar-refractivity contribution in [2.45, 2.75) is 25.5 Å². The number of carbonyl (C=O) groups excluding carboxylic acids is 1. The molecule has 0 atom stereocenters. The smallest absolute Gasteiger partial charge is 0.321 e. The molecular weight excluding hydrogens is 246 g/mol. The summed E-state index contributed by atoms with van der Waals surface area (Å²) in [6, 6.07) is 1.81. The second-order valence-electron chi connectivity index (χ2n) is 5.15. The van der Waals surface area contributed by atoms with Gasteiger partial charge in [-0.3, -0.25) is 4.98 Å². The summed E-state index contributed by atoms with van der Waals surface area (Å²) in [5.74, 6) is 0.996. The van der Waals surface area contributed by atoms with E-state index in [1.807, 2.05) is 29.7 Å². The van der Waals surface area contributed by atoms with Gasteiger partial charge in [0.2, 0.25) is 0 Å². The third-order valence-corrected chi connectivity index (χ3v) is 4.27. The van der Waals surface area contributed by atoms with Crippen LogP contribution in [0, 0.1) is 6.92 Å². The SMILES string of the molecule is Cc1cnccc1NC(=O)N1CCSC(C)(C)C1. The van der Waals surface area contributed by atoms with Crippen molar-refractivity contribution in [1.82, 2.24) is 9.88 Å². The van der Waals surface area contributed by atoms with Crippen LogP contribution in [0.5, 0.6) is 0 Å². The van der Waals surface area contributed by atoms with E-state index in [0.717, 1.165) is 30.1 Å². The largest absolute Gasteiger partial charge is 0.322 e. The minimum absolute atomic E-state index is 0.0160. The van der Waals surface area contributed by atoms with Crippen molar-refractivity contribution in [3.8, 4) is 0 Å². The van der Waals surface area contributed by atoms with E-state index in [4.69, 9.17) is 0 Å². The first-order chi connectivity index (χ1) is 8.48. The van der Waals surface area contributed by atoms with E-state index in [0.29, 0.717) is 0 Å². The molecule has 0 bridgehead atoms. The zero-order chi connectivity index (χ0) is 13.2.